The number of para-hydroxylation sites is 1. The highest BCUT2D eigenvalue weighted by Gasteiger charge is 2.08. The van der Waals surface area contributed by atoms with E-state index in [-0.39, 0.29) is 11.9 Å². The van der Waals surface area contributed by atoms with Gasteiger partial charge < -0.3 is 15.8 Å². The molecule has 0 saturated heterocycles. The summed E-state index contributed by atoms with van der Waals surface area (Å²) in [6, 6.07) is 16.7. The van der Waals surface area contributed by atoms with Crippen LogP contribution in [0.1, 0.15) is 15.9 Å². The van der Waals surface area contributed by atoms with Crippen LogP contribution in [0.5, 0.6) is 11.8 Å². The fraction of sp³-hybridized carbons (Fsp3) is 0.0556. The fourth-order valence-electron chi connectivity index (χ4n) is 2.01. The Morgan fingerprint density at radius 2 is 1.67 bits per heavy atom. The van der Waals surface area contributed by atoms with Gasteiger partial charge in [0.1, 0.15) is 5.75 Å². The molecule has 0 spiro atoms. The molecular formula is C18H16N4O2. The number of nitrogens with zero attached hydrogens (tertiary/aromatic N) is 2. The molecule has 1 heterocycles. The summed E-state index contributed by atoms with van der Waals surface area (Å²) in [6.07, 6.45) is 2.85. The van der Waals surface area contributed by atoms with Crippen molar-refractivity contribution in [3.05, 3.63) is 78.1 Å². The Morgan fingerprint density at radius 3 is 2.29 bits per heavy atom. The van der Waals surface area contributed by atoms with Crippen molar-refractivity contribution in [2.45, 2.75) is 6.54 Å². The highest BCUT2D eigenvalue weighted by molar-refractivity contribution is 6.03. The smallest absolute Gasteiger partial charge is 0.321 e. The van der Waals surface area contributed by atoms with Crippen LogP contribution in [0.25, 0.3) is 0 Å². The first-order chi connectivity index (χ1) is 11.7. The van der Waals surface area contributed by atoms with Gasteiger partial charge in [0.05, 0.1) is 5.56 Å². The van der Waals surface area contributed by atoms with Crippen LogP contribution in [0, 0.1) is 0 Å². The molecule has 3 aromatic rings. The van der Waals surface area contributed by atoms with Crippen LogP contribution in [0.2, 0.25) is 0 Å². The van der Waals surface area contributed by atoms with Crippen molar-refractivity contribution in [3.8, 4) is 11.8 Å². The Morgan fingerprint density at radius 1 is 1.00 bits per heavy atom. The molecule has 0 fully saturated rings. The fourth-order valence-corrected chi connectivity index (χ4v) is 2.01. The topological polar surface area (TPSA) is 90.1 Å². The zero-order chi connectivity index (χ0) is 16.8. The van der Waals surface area contributed by atoms with E-state index in [1.54, 1.807) is 24.3 Å². The number of anilines is 1. The van der Waals surface area contributed by atoms with Crippen molar-refractivity contribution in [3.63, 3.8) is 0 Å². The number of ether oxygens (including phenoxy) is 1. The lowest BCUT2D eigenvalue weighted by atomic mass is 10.2. The number of aromatic nitrogens is 2. The predicted octanol–water partition coefficient (Wildman–Crippen LogP) is 2.98. The Labute approximate surface area is 139 Å². The summed E-state index contributed by atoms with van der Waals surface area (Å²) in [4.78, 5) is 20.3. The molecule has 0 bridgehead atoms. The standard InChI is InChI=1S/C18H16N4O2/c19-10-13-6-8-15(9-7-13)22-17(23)14-11-20-18(21-12-14)24-16-4-2-1-3-5-16/h1-9,11-12H,10,19H2,(H,22,23). The van der Waals surface area contributed by atoms with Crippen molar-refractivity contribution in [2.24, 2.45) is 5.73 Å². The maximum Gasteiger partial charge on any atom is 0.321 e. The minimum atomic E-state index is -0.290. The molecule has 6 heteroatoms. The SMILES string of the molecule is NCc1ccc(NC(=O)c2cnc(Oc3ccccc3)nc2)cc1. The van der Waals surface area contributed by atoms with Gasteiger partial charge in [-0.05, 0) is 29.8 Å². The van der Waals surface area contributed by atoms with Crippen LogP contribution in [0.15, 0.2) is 67.0 Å². The van der Waals surface area contributed by atoms with Gasteiger partial charge in [0, 0.05) is 24.6 Å². The molecule has 3 N–H and O–H groups in total. The van der Waals surface area contributed by atoms with E-state index in [0.717, 1.165) is 5.56 Å². The van der Waals surface area contributed by atoms with Crippen molar-refractivity contribution in [1.82, 2.24) is 9.97 Å². The first-order valence-electron chi connectivity index (χ1n) is 7.40. The first-order valence-corrected chi connectivity index (χ1v) is 7.40. The third-order valence-corrected chi connectivity index (χ3v) is 3.29. The maximum absolute atomic E-state index is 12.2. The van der Waals surface area contributed by atoms with Crippen molar-refractivity contribution >= 4 is 11.6 Å². The summed E-state index contributed by atoms with van der Waals surface area (Å²) < 4.78 is 5.49. The van der Waals surface area contributed by atoms with E-state index in [4.69, 9.17) is 10.5 Å². The van der Waals surface area contributed by atoms with Gasteiger partial charge in [-0.3, -0.25) is 4.79 Å². The van der Waals surface area contributed by atoms with E-state index in [2.05, 4.69) is 15.3 Å². The molecular weight excluding hydrogens is 304 g/mol. The average molecular weight is 320 g/mol. The number of carbonyl (C=O) groups is 1. The number of nitrogens with two attached hydrogens (primary N) is 1. The molecule has 120 valence electrons. The van der Waals surface area contributed by atoms with Crippen LogP contribution >= 0.6 is 0 Å². The van der Waals surface area contributed by atoms with Crippen LogP contribution in [0.4, 0.5) is 5.69 Å². The lowest BCUT2D eigenvalue weighted by Crippen LogP contribution is -2.12. The second-order valence-electron chi connectivity index (χ2n) is 5.02. The summed E-state index contributed by atoms with van der Waals surface area (Å²) in [5.74, 6) is 0.344. The predicted molar refractivity (Wildman–Crippen MR) is 90.8 cm³/mol. The third kappa shape index (κ3) is 3.93. The summed E-state index contributed by atoms with van der Waals surface area (Å²) in [7, 11) is 0. The van der Waals surface area contributed by atoms with Crippen LogP contribution in [-0.4, -0.2) is 15.9 Å². The molecule has 0 aliphatic carbocycles. The van der Waals surface area contributed by atoms with Gasteiger partial charge in [-0.1, -0.05) is 30.3 Å². The van der Waals surface area contributed by atoms with Gasteiger partial charge in [0.15, 0.2) is 0 Å². The lowest BCUT2D eigenvalue weighted by molar-refractivity contribution is 0.102. The van der Waals surface area contributed by atoms with Gasteiger partial charge in [0.25, 0.3) is 5.91 Å². The zero-order valence-corrected chi connectivity index (χ0v) is 12.8. The van der Waals surface area contributed by atoms with Crippen molar-refractivity contribution in [2.75, 3.05) is 5.32 Å². The number of hydrogen-bond donors (Lipinski definition) is 2. The number of hydrogen-bond acceptors (Lipinski definition) is 5. The van der Waals surface area contributed by atoms with Crippen molar-refractivity contribution in [1.29, 1.82) is 0 Å². The zero-order valence-electron chi connectivity index (χ0n) is 12.8. The summed E-state index contributed by atoms with van der Waals surface area (Å²) in [5.41, 5.74) is 7.57. The van der Waals surface area contributed by atoms with Gasteiger partial charge in [0.2, 0.25) is 0 Å². The van der Waals surface area contributed by atoms with E-state index in [9.17, 15) is 4.79 Å². The molecule has 3 rings (SSSR count). The number of amides is 1. The minimum absolute atomic E-state index is 0.185. The van der Waals surface area contributed by atoms with Gasteiger partial charge in [-0.25, -0.2) is 9.97 Å². The summed E-state index contributed by atoms with van der Waals surface area (Å²) in [5, 5.41) is 2.78. The Bertz CT molecular complexity index is 803. The molecule has 1 aromatic heterocycles. The molecule has 6 nitrogen and oxygen atoms in total. The lowest BCUT2D eigenvalue weighted by Gasteiger charge is -2.07. The monoisotopic (exact) mass is 320 g/mol. The second-order valence-corrected chi connectivity index (χ2v) is 5.02. The number of benzene rings is 2. The van der Waals surface area contributed by atoms with Gasteiger partial charge in [-0.2, -0.15) is 0 Å². The third-order valence-electron chi connectivity index (χ3n) is 3.29. The number of rotatable bonds is 5. The van der Waals surface area contributed by atoms with Crippen molar-refractivity contribution < 1.29 is 9.53 Å². The van der Waals surface area contributed by atoms with Gasteiger partial charge in [-0.15, -0.1) is 0 Å². The van der Waals surface area contributed by atoms with Crippen LogP contribution in [-0.2, 0) is 6.54 Å². The first kappa shape index (κ1) is 15.6. The van der Waals surface area contributed by atoms with E-state index in [1.807, 2.05) is 30.3 Å². The quantitative estimate of drug-likeness (QED) is 0.754. The highest BCUT2D eigenvalue weighted by atomic mass is 16.5. The Balaban J connectivity index is 1.64. The molecule has 0 aliphatic heterocycles. The van der Waals surface area contributed by atoms with Crippen LogP contribution < -0.4 is 15.8 Å². The summed E-state index contributed by atoms with van der Waals surface area (Å²) in [6.45, 7) is 0.463. The van der Waals surface area contributed by atoms with E-state index in [1.165, 1.54) is 12.4 Å². The number of carbonyl (C=O) groups excluding carboxylic acids is 1. The molecule has 0 aliphatic rings. The molecule has 0 unspecified atom stereocenters. The average Bonchev–Trinajstić information content (AvgIpc) is 2.64. The Kier molecular flexibility index (Phi) is 4.78. The van der Waals surface area contributed by atoms with Gasteiger partial charge >= 0.3 is 6.01 Å². The molecule has 1 amide bonds. The molecule has 0 radical (unpaired) electrons. The van der Waals surface area contributed by atoms with E-state index >= 15 is 0 Å². The maximum atomic E-state index is 12.2. The Hall–Kier alpha value is -3.25. The highest BCUT2D eigenvalue weighted by Crippen LogP contribution is 2.16. The van der Waals surface area contributed by atoms with E-state index in [0.29, 0.717) is 23.5 Å². The van der Waals surface area contributed by atoms with E-state index < -0.39 is 0 Å². The molecule has 2 aromatic carbocycles. The molecule has 24 heavy (non-hydrogen) atoms. The second kappa shape index (κ2) is 7.34. The number of nitrogens with one attached hydrogen (secondary N) is 1. The van der Waals surface area contributed by atoms with Crippen LogP contribution in [0.3, 0.4) is 0 Å². The molecule has 0 saturated carbocycles. The minimum Gasteiger partial charge on any atom is -0.424 e. The summed E-state index contributed by atoms with van der Waals surface area (Å²) >= 11 is 0. The largest absolute Gasteiger partial charge is 0.424 e. The normalized spacial score (nSPS) is 10.2. The molecule has 0 atom stereocenters.